The molecule has 1 rings (SSSR count). The zero-order chi connectivity index (χ0) is 19.3. The number of carbonyl (C=O) groups excluding carboxylic acids is 3. The second-order valence-electron chi connectivity index (χ2n) is 6.90. The maximum atomic E-state index is 12.8. The second-order valence-corrected chi connectivity index (χ2v) is 6.90. The largest absolute Gasteiger partial charge is 0.475 e. The van der Waals surface area contributed by atoms with E-state index < -0.39 is 43.0 Å². The highest BCUT2D eigenvalue weighted by molar-refractivity contribution is 6.43. The lowest BCUT2D eigenvalue weighted by Gasteiger charge is -2.31. The summed E-state index contributed by atoms with van der Waals surface area (Å²) in [6.45, 7) is 7.00. The van der Waals surface area contributed by atoms with Gasteiger partial charge in [-0.3, -0.25) is 14.4 Å². The van der Waals surface area contributed by atoms with Gasteiger partial charge in [-0.25, -0.2) is 0 Å². The Bertz CT molecular complexity index is 500. The maximum Gasteiger partial charge on any atom is 0.475 e. The fourth-order valence-electron chi connectivity index (χ4n) is 2.76. The highest BCUT2D eigenvalue weighted by atomic mass is 16.4. The first-order valence-corrected chi connectivity index (χ1v) is 8.59. The van der Waals surface area contributed by atoms with Gasteiger partial charge in [0, 0.05) is 6.54 Å². The van der Waals surface area contributed by atoms with Crippen LogP contribution in [0.25, 0.3) is 0 Å². The first kappa shape index (κ1) is 21.4. The number of amides is 3. The zero-order valence-electron chi connectivity index (χ0n) is 15.2. The van der Waals surface area contributed by atoms with Crippen LogP contribution in [0.15, 0.2) is 0 Å². The normalized spacial score (nSPS) is 20.8. The van der Waals surface area contributed by atoms with Crippen molar-refractivity contribution in [2.75, 3.05) is 6.54 Å². The van der Waals surface area contributed by atoms with Crippen LogP contribution in [0.2, 0.25) is 0 Å². The van der Waals surface area contributed by atoms with E-state index in [9.17, 15) is 24.4 Å². The lowest BCUT2D eigenvalue weighted by atomic mass is 9.77. The Balaban J connectivity index is 2.78. The van der Waals surface area contributed by atoms with E-state index >= 15 is 0 Å². The molecule has 2 unspecified atom stereocenters. The van der Waals surface area contributed by atoms with Gasteiger partial charge in [0.05, 0.1) is 12.0 Å². The third-order valence-corrected chi connectivity index (χ3v) is 4.32. The Morgan fingerprint density at radius 1 is 1.12 bits per heavy atom. The number of carbonyl (C=O) groups is 3. The summed E-state index contributed by atoms with van der Waals surface area (Å²) in [6, 6.07) is -2.40. The van der Waals surface area contributed by atoms with Crippen LogP contribution in [0.3, 0.4) is 0 Å². The minimum atomic E-state index is -1.61. The minimum absolute atomic E-state index is 0.204. The quantitative estimate of drug-likeness (QED) is 0.333. The van der Waals surface area contributed by atoms with Gasteiger partial charge in [-0.2, -0.15) is 0 Å². The Morgan fingerprint density at radius 2 is 1.72 bits per heavy atom. The predicted molar refractivity (Wildman–Crippen MR) is 92.9 cm³/mol. The third kappa shape index (κ3) is 5.69. The second kappa shape index (κ2) is 9.16. The van der Waals surface area contributed by atoms with Gasteiger partial charge in [-0.1, -0.05) is 13.8 Å². The molecule has 25 heavy (non-hydrogen) atoms. The van der Waals surface area contributed by atoms with Crippen LogP contribution in [0.5, 0.6) is 0 Å². The van der Waals surface area contributed by atoms with Gasteiger partial charge in [-0.15, -0.1) is 0 Å². The molecule has 0 bridgehead atoms. The fraction of sp³-hybridized carbons (Fsp3) is 0.800. The van der Waals surface area contributed by atoms with Crippen molar-refractivity contribution in [2.24, 2.45) is 11.7 Å². The molecule has 1 aliphatic rings. The van der Waals surface area contributed by atoms with Crippen LogP contribution in [0.4, 0.5) is 0 Å². The molecule has 1 saturated heterocycles. The van der Waals surface area contributed by atoms with Gasteiger partial charge in [0.1, 0.15) is 12.1 Å². The molecule has 4 atom stereocenters. The molecule has 9 nitrogen and oxygen atoms in total. The van der Waals surface area contributed by atoms with E-state index in [1.165, 1.54) is 18.7 Å². The standard InChI is InChI=1S/C15H29BN4O5/c1-8(2)12(15(23)20-7-5-6-11(20)16(24)25)19-14(22)10(4)18-13(21)9(3)17/h8-12,24-25H,5-7,17H2,1-4H3,(H,18,21)(H,19,22)/t9?,10-,11-,12?/m0/s1. The summed E-state index contributed by atoms with van der Waals surface area (Å²) in [5.74, 6) is -2.19. The molecule has 0 aromatic rings. The van der Waals surface area contributed by atoms with Crippen molar-refractivity contribution in [3.63, 3.8) is 0 Å². The number of hydrogen-bond donors (Lipinski definition) is 5. The van der Waals surface area contributed by atoms with Gasteiger partial charge in [0.15, 0.2) is 0 Å². The van der Waals surface area contributed by atoms with Gasteiger partial charge in [0.25, 0.3) is 0 Å². The average Bonchev–Trinajstić information content (AvgIpc) is 3.00. The Kier molecular flexibility index (Phi) is 7.84. The van der Waals surface area contributed by atoms with Crippen molar-refractivity contribution in [3.8, 4) is 0 Å². The molecule has 3 amide bonds. The topological polar surface area (TPSA) is 145 Å². The monoisotopic (exact) mass is 356 g/mol. The van der Waals surface area contributed by atoms with E-state index in [-0.39, 0.29) is 11.8 Å². The number of likely N-dealkylation sites (tertiary alicyclic amines) is 1. The van der Waals surface area contributed by atoms with Crippen LogP contribution in [0.1, 0.15) is 40.5 Å². The molecule has 0 aromatic heterocycles. The van der Waals surface area contributed by atoms with Crippen molar-refractivity contribution in [1.82, 2.24) is 15.5 Å². The van der Waals surface area contributed by atoms with Crippen LogP contribution in [-0.4, -0.2) is 70.4 Å². The maximum absolute atomic E-state index is 12.8. The van der Waals surface area contributed by atoms with Crippen molar-refractivity contribution >= 4 is 24.8 Å². The molecule has 142 valence electrons. The summed E-state index contributed by atoms with van der Waals surface area (Å²) in [4.78, 5) is 38.1. The zero-order valence-corrected chi connectivity index (χ0v) is 15.2. The van der Waals surface area contributed by atoms with Crippen molar-refractivity contribution in [3.05, 3.63) is 0 Å². The molecule has 0 aliphatic carbocycles. The highest BCUT2D eigenvalue weighted by Gasteiger charge is 2.40. The van der Waals surface area contributed by atoms with E-state index in [0.29, 0.717) is 19.4 Å². The van der Waals surface area contributed by atoms with Crippen LogP contribution in [-0.2, 0) is 14.4 Å². The Morgan fingerprint density at radius 3 is 2.20 bits per heavy atom. The van der Waals surface area contributed by atoms with Crippen molar-refractivity contribution < 1.29 is 24.4 Å². The first-order chi connectivity index (χ1) is 11.6. The van der Waals surface area contributed by atoms with Crippen LogP contribution in [0, 0.1) is 5.92 Å². The number of nitrogens with two attached hydrogens (primary N) is 1. The summed E-state index contributed by atoms with van der Waals surface area (Å²) < 4.78 is 0. The third-order valence-electron chi connectivity index (χ3n) is 4.32. The van der Waals surface area contributed by atoms with Gasteiger partial charge in [-0.05, 0) is 32.6 Å². The Labute approximate surface area is 148 Å². The van der Waals surface area contributed by atoms with Crippen molar-refractivity contribution in [1.29, 1.82) is 0 Å². The van der Waals surface area contributed by atoms with Gasteiger partial charge in [0.2, 0.25) is 17.7 Å². The van der Waals surface area contributed by atoms with Gasteiger partial charge >= 0.3 is 7.12 Å². The molecule has 0 saturated carbocycles. The number of hydrogen-bond acceptors (Lipinski definition) is 6. The van der Waals surface area contributed by atoms with E-state index in [4.69, 9.17) is 5.73 Å². The van der Waals surface area contributed by atoms with Crippen molar-refractivity contribution in [2.45, 2.75) is 64.6 Å². The molecule has 0 spiro atoms. The molecule has 0 radical (unpaired) electrons. The highest BCUT2D eigenvalue weighted by Crippen LogP contribution is 2.20. The van der Waals surface area contributed by atoms with Crippen LogP contribution < -0.4 is 16.4 Å². The summed E-state index contributed by atoms with van der Waals surface area (Å²) in [5.41, 5.74) is 5.46. The number of nitrogens with one attached hydrogen (secondary N) is 2. The summed E-state index contributed by atoms with van der Waals surface area (Å²) in [7, 11) is -1.61. The van der Waals surface area contributed by atoms with Gasteiger partial charge < -0.3 is 31.3 Å². The minimum Gasteiger partial charge on any atom is -0.426 e. The molecule has 10 heteroatoms. The average molecular weight is 356 g/mol. The molecule has 0 aromatic carbocycles. The number of rotatable bonds is 7. The SMILES string of the molecule is CC(N)C(=O)N[C@@H](C)C(=O)NC(C(=O)N1CCC[C@H]1B(O)O)C(C)C. The molecule has 6 N–H and O–H groups in total. The van der Waals surface area contributed by atoms with E-state index in [1.54, 1.807) is 13.8 Å². The molecular weight excluding hydrogens is 327 g/mol. The van der Waals surface area contributed by atoms with E-state index in [0.717, 1.165) is 0 Å². The van der Waals surface area contributed by atoms with E-state index in [1.807, 2.05) is 0 Å². The summed E-state index contributed by atoms with van der Waals surface area (Å²) >= 11 is 0. The lowest BCUT2D eigenvalue weighted by Crippen LogP contribution is -2.58. The smallest absolute Gasteiger partial charge is 0.426 e. The number of nitrogens with zero attached hydrogens (tertiary/aromatic N) is 1. The predicted octanol–water partition coefficient (Wildman–Crippen LogP) is -2.02. The molecule has 1 aliphatic heterocycles. The van der Waals surface area contributed by atoms with Crippen LogP contribution >= 0.6 is 0 Å². The fourth-order valence-corrected chi connectivity index (χ4v) is 2.76. The van der Waals surface area contributed by atoms with E-state index in [2.05, 4.69) is 10.6 Å². The lowest BCUT2D eigenvalue weighted by molar-refractivity contribution is -0.138. The first-order valence-electron chi connectivity index (χ1n) is 8.59. The molecule has 1 heterocycles. The summed E-state index contributed by atoms with van der Waals surface area (Å²) in [5, 5.41) is 24.0. The Hall–Kier alpha value is -1.65. The molecular formula is C15H29BN4O5. The summed E-state index contributed by atoms with van der Waals surface area (Å²) in [6.07, 6.45) is 1.18. The molecule has 1 fully saturated rings.